The molecule has 2 heterocycles. The number of carboxylic acids is 1. The zero-order valence-corrected chi connectivity index (χ0v) is 12.6. The number of hydrogen-bond acceptors (Lipinski definition) is 3. The molecular weight excluding hydrogens is 294 g/mol. The highest BCUT2D eigenvalue weighted by atomic mass is 16.5. The summed E-state index contributed by atoms with van der Waals surface area (Å²) in [6.07, 6.45) is 5.61. The van der Waals surface area contributed by atoms with Crippen LogP contribution in [-0.2, 0) is 20.7 Å². The van der Waals surface area contributed by atoms with Gasteiger partial charge in [-0.3, -0.25) is 9.59 Å². The van der Waals surface area contributed by atoms with Crippen LogP contribution in [0.5, 0.6) is 0 Å². The van der Waals surface area contributed by atoms with Gasteiger partial charge in [-0.2, -0.15) is 0 Å². The molecule has 0 spiro atoms. The summed E-state index contributed by atoms with van der Waals surface area (Å²) in [5.41, 5.74) is 2.42. The van der Waals surface area contributed by atoms with Gasteiger partial charge in [0.05, 0.1) is 24.2 Å². The molecule has 1 aromatic rings. The Hall–Kier alpha value is -2.14. The van der Waals surface area contributed by atoms with Crippen LogP contribution in [0.25, 0.3) is 0 Å². The Bertz CT molecular complexity index is 683. The Morgan fingerprint density at radius 3 is 2.65 bits per heavy atom. The van der Waals surface area contributed by atoms with Crippen molar-refractivity contribution in [1.82, 2.24) is 5.32 Å². The average molecular weight is 313 g/mol. The lowest BCUT2D eigenvalue weighted by Crippen LogP contribution is -2.44. The monoisotopic (exact) mass is 313 g/mol. The maximum Gasteiger partial charge on any atom is 0.310 e. The van der Waals surface area contributed by atoms with Gasteiger partial charge in [0.25, 0.3) is 0 Å². The van der Waals surface area contributed by atoms with Gasteiger partial charge in [-0.05, 0) is 30.4 Å². The molecule has 120 valence electrons. The zero-order valence-electron chi connectivity index (χ0n) is 12.6. The quantitative estimate of drug-likeness (QED) is 0.835. The molecule has 2 aliphatic heterocycles. The molecule has 5 heteroatoms. The minimum atomic E-state index is -0.967. The number of carbonyl (C=O) groups is 2. The largest absolute Gasteiger partial charge is 0.481 e. The van der Waals surface area contributed by atoms with Crippen molar-refractivity contribution in [1.29, 1.82) is 0 Å². The Morgan fingerprint density at radius 1 is 1.13 bits per heavy atom. The van der Waals surface area contributed by atoms with E-state index in [-0.39, 0.29) is 11.9 Å². The number of fused-ring (bicyclic) bond motifs is 3. The number of nitrogens with one attached hydrogen (secondary N) is 1. The van der Waals surface area contributed by atoms with Gasteiger partial charge in [0.1, 0.15) is 5.92 Å². The van der Waals surface area contributed by atoms with Gasteiger partial charge in [-0.25, -0.2) is 0 Å². The maximum atomic E-state index is 12.7. The number of benzene rings is 1. The SMILES string of the molecule is O=C(N[C@@H]1CCCc2ccccc21)[C@@H]1[C@H](C(=O)O)[C@@H]2C=C[C@H]1O2. The fraction of sp³-hybridized carbons (Fsp3) is 0.444. The van der Waals surface area contributed by atoms with Crippen LogP contribution in [0.15, 0.2) is 36.4 Å². The second-order valence-corrected chi connectivity index (χ2v) is 6.49. The zero-order chi connectivity index (χ0) is 16.0. The van der Waals surface area contributed by atoms with Crippen LogP contribution < -0.4 is 5.32 Å². The average Bonchev–Trinajstić information content (AvgIpc) is 3.16. The van der Waals surface area contributed by atoms with Gasteiger partial charge >= 0.3 is 5.97 Å². The number of carboxylic acid groups (broad SMARTS) is 1. The summed E-state index contributed by atoms with van der Waals surface area (Å²) in [5.74, 6) is -2.61. The van der Waals surface area contributed by atoms with Crippen molar-refractivity contribution in [2.75, 3.05) is 0 Å². The molecule has 2 bridgehead atoms. The number of carbonyl (C=O) groups excluding carboxylic acids is 1. The van der Waals surface area contributed by atoms with Gasteiger partial charge < -0.3 is 15.2 Å². The van der Waals surface area contributed by atoms with Gasteiger partial charge in [-0.1, -0.05) is 36.4 Å². The highest BCUT2D eigenvalue weighted by Crippen LogP contribution is 2.40. The van der Waals surface area contributed by atoms with Crippen molar-refractivity contribution >= 4 is 11.9 Å². The molecule has 2 N–H and O–H groups in total. The van der Waals surface area contributed by atoms with E-state index in [0.29, 0.717) is 0 Å². The second-order valence-electron chi connectivity index (χ2n) is 6.49. The fourth-order valence-electron chi connectivity index (χ4n) is 4.09. The molecule has 0 radical (unpaired) electrons. The minimum absolute atomic E-state index is 0.0370. The lowest BCUT2D eigenvalue weighted by Gasteiger charge is -2.29. The Balaban J connectivity index is 1.55. The van der Waals surface area contributed by atoms with Crippen molar-refractivity contribution in [2.45, 2.75) is 37.5 Å². The first kappa shape index (κ1) is 14.5. The molecule has 1 saturated heterocycles. The molecule has 0 aromatic heterocycles. The van der Waals surface area contributed by atoms with Crippen LogP contribution in [-0.4, -0.2) is 29.2 Å². The summed E-state index contributed by atoms with van der Waals surface area (Å²) in [6.45, 7) is 0. The minimum Gasteiger partial charge on any atom is -0.481 e. The summed E-state index contributed by atoms with van der Waals surface area (Å²) in [5, 5.41) is 12.5. The predicted octanol–water partition coefficient (Wildman–Crippen LogP) is 1.83. The molecule has 0 saturated carbocycles. The third kappa shape index (κ3) is 2.36. The van der Waals surface area contributed by atoms with Crippen molar-refractivity contribution in [3.63, 3.8) is 0 Å². The van der Waals surface area contributed by atoms with Crippen LogP contribution in [0.4, 0.5) is 0 Å². The van der Waals surface area contributed by atoms with Crippen LogP contribution in [0.3, 0.4) is 0 Å². The van der Waals surface area contributed by atoms with E-state index < -0.39 is 30.0 Å². The molecule has 0 unspecified atom stereocenters. The number of ether oxygens (including phenoxy) is 1. The first-order valence-corrected chi connectivity index (χ1v) is 8.10. The van der Waals surface area contributed by atoms with E-state index in [4.69, 9.17) is 4.74 Å². The molecule has 23 heavy (non-hydrogen) atoms. The van der Waals surface area contributed by atoms with Crippen molar-refractivity contribution in [3.8, 4) is 0 Å². The molecule has 4 rings (SSSR count). The van der Waals surface area contributed by atoms with Crippen LogP contribution >= 0.6 is 0 Å². The maximum absolute atomic E-state index is 12.7. The molecule has 3 aliphatic rings. The summed E-state index contributed by atoms with van der Waals surface area (Å²) in [7, 11) is 0. The van der Waals surface area contributed by atoms with E-state index in [9.17, 15) is 14.7 Å². The lowest BCUT2D eigenvalue weighted by atomic mass is 9.81. The molecule has 1 aromatic carbocycles. The van der Waals surface area contributed by atoms with E-state index in [1.165, 1.54) is 5.56 Å². The van der Waals surface area contributed by atoms with Crippen LogP contribution in [0.1, 0.15) is 30.0 Å². The highest BCUT2D eigenvalue weighted by molar-refractivity contribution is 5.87. The summed E-state index contributed by atoms with van der Waals surface area (Å²) in [6, 6.07) is 8.10. The van der Waals surface area contributed by atoms with Crippen LogP contribution in [0.2, 0.25) is 0 Å². The molecule has 1 amide bonds. The van der Waals surface area contributed by atoms with Crippen molar-refractivity contribution in [2.24, 2.45) is 11.8 Å². The van der Waals surface area contributed by atoms with E-state index >= 15 is 0 Å². The molecular formula is C18H19NO4. The lowest BCUT2D eigenvalue weighted by molar-refractivity contribution is -0.146. The third-order valence-electron chi connectivity index (χ3n) is 5.17. The summed E-state index contributed by atoms with van der Waals surface area (Å²) >= 11 is 0. The second kappa shape index (κ2) is 5.49. The van der Waals surface area contributed by atoms with Gasteiger partial charge in [-0.15, -0.1) is 0 Å². The first-order chi connectivity index (χ1) is 11.1. The number of hydrogen-bond donors (Lipinski definition) is 2. The third-order valence-corrected chi connectivity index (χ3v) is 5.17. The van der Waals surface area contributed by atoms with E-state index in [0.717, 1.165) is 24.8 Å². The number of amides is 1. The van der Waals surface area contributed by atoms with E-state index in [2.05, 4.69) is 11.4 Å². The number of rotatable bonds is 3. The Morgan fingerprint density at radius 2 is 1.87 bits per heavy atom. The summed E-state index contributed by atoms with van der Waals surface area (Å²) in [4.78, 5) is 24.2. The predicted molar refractivity (Wildman–Crippen MR) is 82.7 cm³/mol. The van der Waals surface area contributed by atoms with Crippen molar-refractivity contribution < 1.29 is 19.4 Å². The standard InChI is InChI=1S/C18H19NO4/c20-17(15-13-8-9-14(23-13)16(15)18(21)22)19-12-7-3-5-10-4-1-2-6-11(10)12/h1-2,4,6,8-9,12-16H,3,5,7H2,(H,19,20)(H,21,22)/t12-,13-,14+,15+,16-/m1/s1. The molecule has 5 atom stereocenters. The highest BCUT2D eigenvalue weighted by Gasteiger charge is 2.53. The molecule has 5 nitrogen and oxygen atoms in total. The Kier molecular flexibility index (Phi) is 3.45. The van der Waals surface area contributed by atoms with E-state index in [1.807, 2.05) is 24.3 Å². The Labute approximate surface area is 134 Å². The number of aryl methyl sites for hydroxylation is 1. The van der Waals surface area contributed by atoms with Gasteiger partial charge in [0.15, 0.2) is 0 Å². The van der Waals surface area contributed by atoms with Crippen LogP contribution in [0, 0.1) is 11.8 Å². The van der Waals surface area contributed by atoms with E-state index in [1.54, 1.807) is 6.08 Å². The normalized spacial score (nSPS) is 34.2. The van der Waals surface area contributed by atoms with Gasteiger partial charge in [0, 0.05) is 0 Å². The molecule has 1 aliphatic carbocycles. The fourth-order valence-corrected chi connectivity index (χ4v) is 4.09. The number of aliphatic carboxylic acids is 1. The van der Waals surface area contributed by atoms with Crippen molar-refractivity contribution in [3.05, 3.63) is 47.5 Å². The molecule has 1 fully saturated rings. The van der Waals surface area contributed by atoms with Gasteiger partial charge in [0.2, 0.25) is 5.91 Å². The summed E-state index contributed by atoms with van der Waals surface area (Å²) < 4.78 is 5.59. The first-order valence-electron chi connectivity index (χ1n) is 8.10. The smallest absolute Gasteiger partial charge is 0.310 e. The topological polar surface area (TPSA) is 75.6 Å².